The highest BCUT2D eigenvalue weighted by Gasteiger charge is 2.21. The summed E-state index contributed by atoms with van der Waals surface area (Å²) in [7, 11) is 0. The van der Waals surface area contributed by atoms with Gasteiger partial charge in [0, 0.05) is 15.6 Å². The van der Waals surface area contributed by atoms with Crippen LogP contribution in [0.2, 0.25) is 0 Å². The van der Waals surface area contributed by atoms with Crippen molar-refractivity contribution in [3.8, 4) is 0 Å². The molecule has 1 unspecified atom stereocenters. The molecule has 3 aromatic rings. The molecule has 0 radical (unpaired) electrons. The van der Waals surface area contributed by atoms with Crippen molar-refractivity contribution in [1.29, 1.82) is 0 Å². The second-order valence-electron chi connectivity index (χ2n) is 6.02. The Hall–Kier alpha value is -1.76. The van der Waals surface area contributed by atoms with Gasteiger partial charge in [-0.1, -0.05) is 23.4 Å². The van der Waals surface area contributed by atoms with Crippen molar-refractivity contribution in [2.24, 2.45) is 5.73 Å². The number of hydrogen-bond donors (Lipinski definition) is 2. The largest absolute Gasteiger partial charge is 0.338 e. The van der Waals surface area contributed by atoms with Crippen LogP contribution in [0.25, 0.3) is 10.1 Å². The summed E-state index contributed by atoms with van der Waals surface area (Å²) in [6.07, 6.45) is 0. The third-order valence-electron chi connectivity index (χ3n) is 3.48. The molecule has 3 N–H and O–H groups in total. The van der Waals surface area contributed by atoms with Crippen LogP contribution in [0.3, 0.4) is 0 Å². The number of rotatable bonds is 5. The molecular weight excluding hydrogens is 296 g/mol. The molecular formula is C16H20N4OS. The first-order valence-electron chi connectivity index (χ1n) is 7.27. The van der Waals surface area contributed by atoms with Crippen LogP contribution in [0.5, 0.6) is 0 Å². The van der Waals surface area contributed by atoms with E-state index < -0.39 is 5.54 Å². The Kier molecular flexibility index (Phi) is 3.99. The van der Waals surface area contributed by atoms with Crippen molar-refractivity contribution in [1.82, 2.24) is 15.5 Å². The Labute approximate surface area is 133 Å². The van der Waals surface area contributed by atoms with Crippen molar-refractivity contribution in [2.45, 2.75) is 38.9 Å². The molecule has 0 saturated heterocycles. The van der Waals surface area contributed by atoms with Gasteiger partial charge in [0.2, 0.25) is 5.89 Å². The molecule has 116 valence electrons. The summed E-state index contributed by atoms with van der Waals surface area (Å²) in [5.41, 5.74) is 5.37. The monoisotopic (exact) mass is 316 g/mol. The average Bonchev–Trinajstić information content (AvgIpc) is 3.10. The maximum Gasteiger partial charge on any atom is 0.240 e. The maximum atomic E-state index is 5.96. The second-order valence-corrected chi connectivity index (χ2v) is 7.14. The quantitative estimate of drug-likeness (QED) is 0.755. The van der Waals surface area contributed by atoms with Crippen LogP contribution >= 0.6 is 11.3 Å². The third-order valence-corrected chi connectivity index (χ3v) is 4.77. The third kappa shape index (κ3) is 3.19. The molecule has 1 atom stereocenters. The van der Waals surface area contributed by atoms with E-state index in [0.29, 0.717) is 18.3 Å². The van der Waals surface area contributed by atoms with E-state index in [1.807, 2.05) is 13.8 Å². The zero-order chi connectivity index (χ0) is 15.7. The zero-order valence-corrected chi connectivity index (χ0v) is 13.8. The van der Waals surface area contributed by atoms with Gasteiger partial charge in [-0.3, -0.25) is 0 Å². The number of hydrogen-bond acceptors (Lipinski definition) is 6. The first kappa shape index (κ1) is 15.1. The van der Waals surface area contributed by atoms with Crippen molar-refractivity contribution >= 4 is 21.4 Å². The number of benzene rings is 1. The first-order valence-corrected chi connectivity index (χ1v) is 8.09. The Morgan fingerprint density at radius 3 is 2.82 bits per heavy atom. The van der Waals surface area contributed by atoms with E-state index in [4.69, 9.17) is 10.3 Å². The SMILES string of the molecule is CC(NCc1nc(C(C)(C)N)no1)c1cc2ccccc2s1. The Balaban J connectivity index is 1.67. The minimum Gasteiger partial charge on any atom is -0.338 e. The zero-order valence-electron chi connectivity index (χ0n) is 13.0. The highest BCUT2D eigenvalue weighted by molar-refractivity contribution is 7.19. The lowest BCUT2D eigenvalue weighted by Gasteiger charge is -2.11. The van der Waals surface area contributed by atoms with Gasteiger partial charge in [0.05, 0.1) is 12.1 Å². The molecule has 0 spiro atoms. The summed E-state index contributed by atoms with van der Waals surface area (Å²) in [6, 6.07) is 10.8. The molecule has 0 aliphatic rings. The van der Waals surface area contributed by atoms with Gasteiger partial charge in [0.15, 0.2) is 5.82 Å². The molecule has 5 nitrogen and oxygen atoms in total. The van der Waals surface area contributed by atoms with E-state index >= 15 is 0 Å². The van der Waals surface area contributed by atoms with Crippen molar-refractivity contribution in [3.05, 3.63) is 46.9 Å². The van der Waals surface area contributed by atoms with Crippen molar-refractivity contribution in [2.75, 3.05) is 0 Å². The van der Waals surface area contributed by atoms with Crippen molar-refractivity contribution in [3.63, 3.8) is 0 Å². The minimum absolute atomic E-state index is 0.221. The second kappa shape index (κ2) is 5.79. The number of nitrogens with zero attached hydrogens (tertiary/aromatic N) is 2. The van der Waals surface area contributed by atoms with E-state index in [0.717, 1.165) is 0 Å². The summed E-state index contributed by atoms with van der Waals surface area (Å²) in [6.45, 7) is 6.37. The summed E-state index contributed by atoms with van der Waals surface area (Å²) in [5.74, 6) is 1.08. The van der Waals surface area contributed by atoms with E-state index in [2.05, 4.69) is 52.7 Å². The van der Waals surface area contributed by atoms with Crippen LogP contribution in [-0.4, -0.2) is 10.1 Å². The highest BCUT2D eigenvalue weighted by Crippen LogP contribution is 2.29. The molecule has 0 aliphatic heterocycles. The molecule has 22 heavy (non-hydrogen) atoms. The number of fused-ring (bicyclic) bond motifs is 1. The topological polar surface area (TPSA) is 77.0 Å². The van der Waals surface area contributed by atoms with E-state index in [1.54, 1.807) is 11.3 Å². The number of thiophene rings is 1. The summed E-state index contributed by atoms with van der Waals surface area (Å²) in [5, 5.41) is 8.62. The van der Waals surface area contributed by atoms with Gasteiger partial charge >= 0.3 is 0 Å². The lowest BCUT2D eigenvalue weighted by molar-refractivity contribution is 0.347. The van der Waals surface area contributed by atoms with Crippen LogP contribution in [0, 0.1) is 0 Å². The van der Waals surface area contributed by atoms with Crippen LogP contribution in [0.1, 0.15) is 43.4 Å². The molecule has 0 bridgehead atoms. The molecule has 2 aromatic heterocycles. The standard InChI is InChI=1S/C16H20N4OS/c1-10(13-8-11-6-4-5-7-12(11)22-13)18-9-14-19-15(20-21-14)16(2,3)17/h4-8,10,18H,9,17H2,1-3H3. The highest BCUT2D eigenvalue weighted by atomic mass is 32.1. The lowest BCUT2D eigenvalue weighted by atomic mass is 10.1. The molecule has 0 fully saturated rings. The van der Waals surface area contributed by atoms with E-state index in [-0.39, 0.29) is 6.04 Å². The molecule has 6 heteroatoms. The molecule has 3 rings (SSSR count). The Morgan fingerprint density at radius 1 is 1.36 bits per heavy atom. The maximum absolute atomic E-state index is 5.96. The number of nitrogens with two attached hydrogens (primary N) is 1. The molecule has 2 heterocycles. The van der Waals surface area contributed by atoms with Gasteiger partial charge in [0.25, 0.3) is 0 Å². The van der Waals surface area contributed by atoms with Gasteiger partial charge < -0.3 is 15.6 Å². The number of aromatic nitrogens is 2. The molecule has 0 amide bonds. The fourth-order valence-corrected chi connectivity index (χ4v) is 3.24. The van der Waals surface area contributed by atoms with Gasteiger partial charge in [0.1, 0.15) is 0 Å². The van der Waals surface area contributed by atoms with Crippen LogP contribution in [0.15, 0.2) is 34.9 Å². The fourth-order valence-electron chi connectivity index (χ4n) is 2.15. The smallest absolute Gasteiger partial charge is 0.240 e. The van der Waals surface area contributed by atoms with Gasteiger partial charge in [-0.2, -0.15) is 4.98 Å². The average molecular weight is 316 g/mol. The molecule has 1 aromatic carbocycles. The van der Waals surface area contributed by atoms with Crippen LogP contribution in [0.4, 0.5) is 0 Å². The fraction of sp³-hybridized carbons (Fsp3) is 0.375. The van der Waals surface area contributed by atoms with Gasteiger partial charge in [-0.15, -0.1) is 11.3 Å². The van der Waals surface area contributed by atoms with Crippen molar-refractivity contribution < 1.29 is 4.52 Å². The Morgan fingerprint density at radius 2 is 2.14 bits per heavy atom. The predicted molar refractivity (Wildman–Crippen MR) is 88.6 cm³/mol. The molecule has 0 aliphatic carbocycles. The van der Waals surface area contributed by atoms with Crippen LogP contribution < -0.4 is 11.1 Å². The number of nitrogens with one attached hydrogen (secondary N) is 1. The summed E-state index contributed by atoms with van der Waals surface area (Å²) < 4.78 is 6.54. The minimum atomic E-state index is -0.584. The Bertz CT molecular complexity index is 739. The van der Waals surface area contributed by atoms with Gasteiger partial charge in [-0.25, -0.2) is 0 Å². The first-order chi connectivity index (χ1) is 10.4. The molecule has 0 saturated carbocycles. The summed E-state index contributed by atoms with van der Waals surface area (Å²) >= 11 is 1.80. The van der Waals surface area contributed by atoms with Gasteiger partial charge in [-0.05, 0) is 38.3 Å². The summed E-state index contributed by atoms with van der Waals surface area (Å²) in [4.78, 5) is 5.62. The normalized spacial score (nSPS) is 13.6. The lowest BCUT2D eigenvalue weighted by Crippen LogP contribution is -2.30. The van der Waals surface area contributed by atoms with Crippen LogP contribution in [-0.2, 0) is 12.1 Å². The van der Waals surface area contributed by atoms with E-state index in [1.165, 1.54) is 15.0 Å². The van der Waals surface area contributed by atoms with E-state index in [9.17, 15) is 0 Å². The predicted octanol–water partition coefficient (Wildman–Crippen LogP) is 3.33.